The van der Waals surface area contributed by atoms with E-state index < -0.39 is 57.1 Å². The first kappa shape index (κ1) is 55.2. The topological polar surface area (TPSA) is 186 Å². The highest BCUT2D eigenvalue weighted by Crippen LogP contribution is 2.45. The van der Waals surface area contributed by atoms with E-state index in [9.17, 15) is 24.0 Å². The maximum absolute atomic E-state index is 13.8. The van der Waals surface area contributed by atoms with E-state index >= 15 is 0 Å². The molecule has 5 aromatic carbocycles. The Labute approximate surface area is 445 Å². The molecular formula is C59H69N3O13Si. The molecule has 16 nitrogen and oxygen atoms in total. The molecule has 3 aliphatic rings. The second-order valence-corrected chi connectivity index (χ2v) is 24.8. The van der Waals surface area contributed by atoms with Crippen molar-refractivity contribution in [1.82, 2.24) is 10.2 Å². The first-order valence-corrected chi connectivity index (χ1v) is 28.0. The quantitative estimate of drug-likeness (QED) is 0.0234. The van der Waals surface area contributed by atoms with Crippen molar-refractivity contribution in [2.75, 3.05) is 44.8 Å². The molecule has 2 aliphatic heterocycles. The summed E-state index contributed by atoms with van der Waals surface area (Å²) in [4.78, 5) is 65.5. The zero-order chi connectivity index (χ0) is 53.8. The summed E-state index contributed by atoms with van der Waals surface area (Å²) in [5.41, 5.74) is 5.09. The molecule has 1 unspecified atom stereocenters. The van der Waals surface area contributed by atoms with E-state index in [0.717, 1.165) is 22.3 Å². The summed E-state index contributed by atoms with van der Waals surface area (Å²) in [6.07, 6.45) is -3.38. The molecule has 5 aromatic rings. The van der Waals surface area contributed by atoms with E-state index in [0.29, 0.717) is 44.6 Å². The third kappa shape index (κ3) is 12.8. The van der Waals surface area contributed by atoms with Crippen LogP contribution in [0.1, 0.15) is 83.4 Å². The van der Waals surface area contributed by atoms with Gasteiger partial charge in [0.2, 0.25) is 12.2 Å². The first-order chi connectivity index (χ1) is 36.7. The molecule has 2 N–H and O–H groups in total. The molecule has 6 atom stereocenters. The number of hydrogen-bond donors (Lipinski definition) is 2. The van der Waals surface area contributed by atoms with Gasteiger partial charge in [0, 0.05) is 38.3 Å². The van der Waals surface area contributed by atoms with Crippen molar-refractivity contribution in [3.05, 3.63) is 144 Å². The lowest BCUT2D eigenvalue weighted by Gasteiger charge is -2.43. The van der Waals surface area contributed by atoms with Crippen molar-refractivity contribution in [3.8, 4) is 16.9 Å². The minimum Gasteiger partial charge on any atom is -0.465 e. The van der Waals surface area contributed by atoms with Crippen LogP contribution in [0.5, 0.6) is 5.75 Å². The number of rotatable bonds is 21. The molecule has 0 saturated carbocycles. The fourth-order valence-corrected chi connectivity index (χ4v) is 15.2. The second-order valence-electron chi connectivity index (χ2n) is 20.5. The zero-order valence-electron chi connectivity index (χ0n) is 44.1. The Morgan fingerprint density at radius 1 is 0.803 bits per heavy atom. The lowest BCUT2D eigenvalue weighted by molar-refractivity contribution is -0.252. The predicted octanol–water partition coefficient (Wildman–Crippen LogP) is 8.69. The van der Waals surface area contributed by atoms with E-state index in [1.165, 1.54) is 17.3 Å². The normalized spacial score (nSPS) is 20.2. The average Bonchev–Trinajstić information content (AvgIpc) is 4.07. The minimum atomic E-state index is -2.75. The molecule has 1 aliphatic carbocycles. The van der Waals surface area contributed by atoms with Gasteiger partial charge in [-0.15, -0.1) is 0 Å². The van der Waals surface area contributed by atoms with Crippen LogP contribution in [0.4, 0.5) is 15.3 Å². The average molecular weight is 1060 g/mol. The third-order valence-corrected chi connectivity index (χ3v) is 19.6. The van der Waals surface area contributed by atoms with Crippen LogP contribution in [0.3, 0.4) is 0 Å². The molecule has 76 heavy (non-hydrogen) atoms. The van der Waals surface area contributed by atoms with E-state index in [4.69, 9.17) is 37.6 Å². The van der Waals surface area contributed by atoms with Crippen molar-refractivity contribution in [2.45, 2.75) is 103 Å². The summed E-state index contributed by atoms with van der Waals surface area (Å²) < 4.78 is 48.2. The molecule has 0 bridgehead atoms. The van der Waals surface area contributed by atoms with E-state index in [1.54, 1.807) is 23.1 Å². The lowest BCUT2D eigenvalue weighted by atomic mass is 9.83. The van der Waals surface area contributed by atoms with Crippen molar-refractivity contribution >= 4 is 54.9 Å². The van der Waals surface area contributed by atoms with Crippen molar-refractivity contribution in [1.29, 1.82) is 0 Å². The van der Waals surface area contributed by atoms with Crippen LogP contribution < -0.4 is 25.7 Å². The first-order valence-electron chi connectivity index (χ1n) is 26.0. The number of fused-ring (bicyclic) bond motifs is 3. The number of carbonyl (C=O) groups excluding carboxylic acids is 5. The van der Waals surface area contributed by atoms with Gasteiger partial charge in [-0.25, -0.2) is 9.59 Å². The minimum absolute atomic E-state index is 0.0469. The highest BCUT2D eigenvalue weighted by molar-refractivity contribution is 6.99. The number of benzene rings is 5. The van der Waals surface area contributed by atoms with E-state index in [-0.39, 0.29) is 67.0 Å². The van der Waals surface area contributed by atoms with Gasteiger partial charge in [0.05, 0.1) is 24.9 Å². The molecule has 0 spiro atoms. The van der Waals surface area contributed by atoms with Gasteiger partial charge in [0.15, 0.2) is 6.10 Å². The largest absolute Gasteiger partial charge is 0.465 e. The van der Waals surface area contributed by atoms with E-state index in [1.807, 2.05) is 62.4 Å². The number of nitrogens with one attached hydrogen (secondary N) is 2. The summed E-state index contributed by atoms with van der Waals surface area (Å²) in [6.45, 7) is 13.1. The number of amides is 3. The van der Waals surface area contributed by atoms with Crippen LogP contribution in [-0.2, 0) is 53.8 Å². The summed E-state index contributed by atoms with van der Waals surface area (Å²) in [7, 11) is -2.75. The van der Waals surface area contributed by atoms with Gasteiger partial charge in [-0.2, -0.15) is 0 Å². The molecule has 0 aromatic heterocycles. The Bertz CT molecular complexity index is 2710. The molecule has 2 heterocycles. The Hall–Kier alpha value is -7.05. The maximum Gasteiger partial charge on any atom is 0.412 e. The predicted molar refractivity (Wildman–Crippen MR) is 287 cm³/mol. The van der Waals surface area contributed by atoms with Crippen molar-refractivity contribution in [3.63, 3.8) is 0 Å². The molecule has 2 saturated heterocycles. The smallest absolute Gasteiger partial charge is 0.412 e. The number of esters is 1. The van der Waals surface area contributed by atoms with Crippen molar-refractivity contribution in [2.24, 2.45) is 11.8 Å². The standard InChI is InChI=1S/C59H69N3O13Si/c1-39-40(2)55(73-41(3)64)56(75-52(39)37-68-38-63)74-51-28-27-42(34-50(51)61-53(65)29-30-60-57(66)70-36-49-47-24-15-13-22-45(47)46-23-14-16-25-48(46)49)35-71-58(67)62-31-33-69-54(62)26-17-32-72-76(59(4,5)6,43-18-9-7-10-19-43)44-20-11-8-12-21-44/h7-16,18-25,27-28,34,38-40,49,52,54-56H,17,26,29-33,35-37H2,1-6H3,(H,60,66)(H,61,65)/t39-,40-,52+,54?,55+,56+/m0/s1. The molecule has 8 rings (SSSR count). The van der Waals surface area contributed by atoms with Crippen LogP contribution in [0.15, 0.2) is 127 Å². The van der Waals surface area contributed by atoms with Crippen LogP contribution in [0.25, 0.3) is 11.1 Å². The van der Waals surface area contributed by atoms with Gasteiger partial charge in [-0.1, -0.05) is 150 Å². The molecule has 3 amide bonds. The van der Waals surface area contributed by atoms with Crippen LogP contribution in [0, 0.1) is 11.8 Å². The monoisotopic (exact) mass is 1060 g/mol. The Morgan fingerprint density at radius 2 is 1.45 bits per heavy atom. The number of alkyl carbamates (subject to hydrolysis) is 1. The molecule has 2 fully saturated rings. The van der Waals surface area contributed by atoms with E-state index in [2.05, 4.69) is 92.1 Å². The van der Waals surface area contributed by atoms with Gasteiger partial charge in [0.1, 0.15) is 31.8 Å². The van der Waals surface area contributed by atoms with Crippen molar-refractivity contribution < 1.29 is 61.6 Å². The Balaban J connectivity index is 0.916. The maximum atomic E-state index is 13.8. The van der Waals surface area contributed by atoms with Gasteiger partial charge in [-0.05, 0) is 74.1 Å². The summed E-state index contributed by atoms with van der Waals surface area (Å²) in [5.74, 6) is -1.50. The zero-order valence-corrected chi connectivity index (χ0v) is 45.1. The second kappa shape index (κ2) is 25.2. The molecular weight excluding hydrogens is 987 g/mol. The highest BCUT2D eigenvalue weighted by atomic mass is 28.4. The SMILES string of the molecule is CC(=O)O[C@H]1[C@H](Oc2ccc(COC(=O)N3CCOC3CCCO[Si](c3ccccc3)(c3ccccc3)C(C)(C)C)cc2NC(=O)CCNC(=O)OCC2c3ccccc3-c3ccccc32)O[C@H](COC=O)[C@@H](C)[C@@H]1C. The number of nitrogens with zero attached hydrogens (tertiary/aromatic N) is 1. The number of hydrogen-bond acceptors (Lipinski definition) is 13. The third-order valence-electron chi connectivity index (χ3n) is 14.6. The van der Waals surface area contributed by atoms with Gasteiger partial charge in [0.25, 0.3) is 14.8 Å². The lowest BCUT2D eigenvalue weighted by Crippen LogP contribution is -2.66. The fraction of sp³-hybridized carbons (Fsp3) is 0.407. The van der Waals surface area contributed by atoms with Gasteiger partial charge in [-0.3, -0.25) is 19.3 Å². The summed E-state index contributed by atoms with van der Waals surface area (Å²) >= 11 is 0. The number of ether oxygens (including phenoxy) is 7. The molecule has 17 heteroatoms. The number of carbonyl (C=O) groups is 5. The van der Waals surface area contributed by atoms with Crippen LogP contribution in [0.2, 0.25) is 5.04 Å². The molecule has 402 valence electrons. The van der Waals surface area contributed by atoms with Crippen LogP contribution >= 0.6 is 0 Å². The van der Waals surface area contributed by atoms with Crippen LogP contribution in [-0.4, -0.2) is 108 Å². The van der Waals surface area contributed by atoms with Gasteiger partial charge >= 0.3 is 18.2 Å². The van der Waals surface area contributed by atoms with Gasteiger partial charge < -0.3 is 48.2 Å². The number of anilines is 1. The highest BCUT2D eigenvalue weighted by Gasteiger charge is 2.50. The Morgan fingerprint density at radius 3 is 2.08 bits per heavy atom. The molecule has 0 radical (unpaired) electrons. The summed E-state index contributed by atoms with van der Waals surface area (Å²) in [5, 5.41) is 7.76. The summed E-state index contributed by atoms with van der Waals surface area (Å²) in [6, 6.07) is 41.9. The fourth-order valence-electron chi connectivity index (χ4n) is 10.6. The Kier molecular flexibility index (Phi) is 18.3.